The van der Waals surface area contributed by atoms with Gasteiger partial charge in [-0.05, 0) is 78.9 Å². The molecule has 7 aromatic rings. The molecule has 2 aromatic heterocycles. The lowest BCUT2D eigenvalue weighted by Gasteiger charge is -2.35. The van der Waals surface area contributed by atoms with Gasteiger partial charge in [0.15, 0.2) is 28.6 Å². The summed E-state index contributed by atoms with van der Waals surface area (Å²) in [6.45, 7) is 0. The Balaban J connectivity index is 1.32. The monoisotopic (exact) mass is 574 g/mol. The first-order valence-corrected chi connectivity index (χ1v) is 14.8. The molecule has 9 rings (SSSR count). The number of rotatable bonds is 3. The summed E-state index contributed by atoms with van der Waals surface area (Å²) < 4.78 is 13.7. The molecule has 6 nitrogen and oxygen atoms in total. The SMILES string of the molecule is c1ccc2c(c1)Oc1ccccc1N2c1cc(-c2nc3ncccc3s2)cc(N2c3ccccc3Oc3ccccc32)c1. The van der Waals surface area contributed by atoms with Crippen LogP contribution in [0.25, 0.3) is 20.9 Å². The fraction of sp³-hybridized carbons (Fsp3) is 0. The zero-order valence-electron chi connectivity index (χ0n) is 22.7. The number of anilines is 6. The number of nitrogens with zero attached hydrogens (tertiary/aromatic N) is 4. The van der Waals surface area contributed by atoms with Gasteiger partial charge in [0.2, 0.25) is 0 Å². The van der Waals surface area contributed by atoms with Gasteiger partial charge < -0.3 is 19.3 Å². The molecule has 0 bridgehead atoms. The van der Waals surface area contributed by atoms with Crippen molar-refractivity contribution in [1.82, 2.24) is 9.97 Å². The molecule has 0 N–H and O–H groups in total. The fourth-order valence-corrected chi connectivity index (χ4v) is 6.75. The van der Waals surface area contributed by atoms with E-state index in [1.165, 1.54) is 0 Å². The highest BCUT2D eigenvalue weighted by atomic mass is 32.1. The summed E-state index contributed by atoms with van der Waals surface area (Å²) in [4.78, 5) is 14.0. The van der Waals surface area contributed by atoms with Crippen LogP contribution in [0.5, 0.6) is 23.0 Å². The number of aromatic nitrogens is 2. The summed E-state index contributed by atoms with van der Waals surface area (Å²) in [7, 11) is 0. The van der Waals surface area contributed by atoms with E-state index in [2.05, 4.69) is 63.3 Å². The minimum absolute atomic E-state index is 0.749. The van der Waals surface area contributed by atoms with Crippen molar-refractivity contribution in [2.24, 2.45) is 0 Å². The summed E-state index contributed by atoms with van der Waals surface area (Å²) in [6, 6.07) is 43.3. The van der Waals surface area contributed by atoms with Crippen molar-refractivity contribution in [3.05, 3.63) is 134 Å². The lowest BCUT2D eigenvalue weighted by Crippen LogP contribution is -2.18. The van der Waals surface area contributed by atoms with Gasteiger partial charge in [-0.25, -0.2) is 9.97 Å². The predicted octanol–water partition coefficient (Wildman–Crippen LogP) is 10.5. The van der Waals surface area contributed by atoms with Crippen molar-refractivity contribution >= 4 is 55.8 Å². The molecular weight excluding hydrogens is 552 g/mol. The van der Waals surface area contributed by atoms with Crippen LogP contribution >= 0.6 is 11.3 Å². The Morgan fingerprint density at radius 2 is 0.977 bits per heavy atom. The van der Waals surface area contributed by atoms with E-state index in [9.17, 15) is 0 Å². The van der Waals surface area contributed by atoms with Gasteiger partial charge in [0.05, 0.1) is 27.4 Å². The van der Waals surface area contributed by atoms with Gasteiger partial charge in [0.25, 0.3) is 0 Å². The second kappa shape index (κ2) is 9.44. The van der Waals surface area contributed by atoms with E-state index < -0.39 is 0 Å². The molecule has 0 atom stereocenters. The molecule has 0 amide bonds. The van der Waals surface area contributed by atoms with E-state index in [-0.39, 0.29) is 0 Å². The van der Waals surface area contributed by atoms with Crippen LogP contribution in [0.3, 0.4) is 0 Å². The molecule has 0 spiro atoms. The standard InChI is InChI=1S/C36H22N4O2S/c1-5-14-30-26(10-1)39(27-11-2-6-15-31(27)41-30)24-20-23(36-38-35-34(43-36)18-9-19-37-35)21-25(22-24)40-28-12-3-7-16-32(28)42-33-17-8-4-13-29(33)40/h1-22H. The first kappa shape index (κ1) is 24.0. The van der Waals surface area contributed by atoms with Crippen LogP contribution < -0.4 is 19.3 Å². The van der Waals surface area contributed by atoms with Crippen LogP contribution in [0.15, 0.2) is 134 Å². The minimum Gasteiger partial charge on any atom is -0.453 e. The van der Waals surface area contributed by atoms with Gasteiger partial charge in [-0.15, -0.1) is 11.3 Å². The third-order valence-corrected chi connectivity index (χ3v) is 8.75. The summed E-state index contributed by atoms with van der Waals surface area (Å²) in [5, 5.41) is 0.904. The molecule has 43 heavy (non-hydrogen) atoms. The highest BCUT2D eigenvalue weighted by Gasteiger charge is 2.29. The van der Waals surface area contributed by atoms with E-state index in [1.807, 2.05) is 78.9 Å². The molecule has 204 valence electrons. The van der Waals surface area contributed by atoms with E-state index in [4.69, 9.17) is 14.5 Å². The summed E-state index contributed by atoms with van der Waals surface area (Å²) in [5.74, 6) is 3.22. The molecule has 2 aliphatic heterocycles. The van der Waals surface area contributed by atoms with Crippen LogP contribution in [-0.4, -0.2) is 9.97 Å². The van der Waals surface area contributed by atoms with E-state index in [0.29, 0.717) is 0 Å². The Morgan fingerprint density at radius 3 is 1.44 bits per heavy atom. The molecule has 2 aliphatic rings. The van der Waals surface area contributed by atoms with Crippen LogP contribution in [0.1, 0.15) is 0 Å². The quantitative estimate of drug-likeness (QED) is 0.209. The summed E-state index contributed by atoms with van der Waals surface area (Å²) in [5.41, 5.74) is 7.61. The smallest absolute Gasteiger partial charge is 0.170 e. The van der Waals surface area contributed by atoms with Gasteiger partial charge in [0.1, 0.15) is 5.01 Å². The normalized spacial score (nSPS) is 12.9. The third kappa shape index (κ3) is 3.86. The van der Waals surface area contributed by atoms with Crippen LogP contribution in [0.2, 0.25) is 0 Å². The molecule has 0 unspecified atom stereocenters. The lowest BCUT2D eigenvalue weighted by molar-refractivity contribution is 0.477. The van der Waals surface area contributed by atoms with Crippen LogP contribution in [0, 0.1) is 0 Å². The molecular formula is C36H22N4O2S. The van der Waals surface area contributed by atoms with E-state index in [1.54, 1.807) is 17.5 Å². The number of pyridine rings is 1. The molecule has 0 aliphatic carbocycles. The van der Waals surface area contributed by atoms with Gasteiger partial charge >= 0.3 is 0 Å². The molecule has 0 saturated carbocycles. The Hall–Kier alpha value is -5.66. The van der Waals surface area contributed by atoms with Crippen LogP contribution in [0.4, 0.5) is 34.1 Å². The Labute approximate surface area is 251 Å². The zero-order valence-corrected chi connectivity index (χ0v) is 23.5. The summed E-state index contributed by atoms with van der Waals surface area (Å²) in [6.07, 6.45) is 1.79. The maximum Gasteiger partial charge on any atom is 0.170 e. The van der Waals surface area contributed by atoms with Gasteiger partial charge in [-0.1, -0.05) is 48.5 Å². The van der Waals surface area contributed by atoms with E-state index >= 15 is 0 Å². The maximum absolute atomic E-state index is 6.34. The average molecular weight is 575 g/mol. The first-order chi connectivity index (χ1) is 21.3. The van der Waals surface area contributed by atoms with Gasteiger partial charge in [-0.3, -0.25) is 0 Å². The number of benzene rings is 5. The maximum atomic E-state index is 6.34. The second-order valence-electron chi connectivity index (χ2n) is 10.3. The molecule has 0 fully saturated rings. The topological polar surface area (TPSA) is 50.7 Å². The fourth-order valence-electron chi connectivity index (χ4n) is 5.83. The Kier molecular flexibility index (Phi) is 5.27. The molecule has 4 heterocycles. The number of ether oxygens (including phenoxy) is 2. The first-order valence-electron chi connectivity index (χ1n) is 14.0. The van der Waals surface area contributed by atoms with Crippen molar-refractivity contribution in [2.45, 2.75) is 0 Å². The van der Waals surface area contributed by atoms with Crippen molar-refractivity contribution in [1.29, 1.82) is 0 Å². The Bertz CT molecular complexity index is 1950. The molecule has 0 radical (unpaired) electrons. The zero-order chi connectivity index (χ0) is 28.3. The highest BCUT2D eigenvalue weighted by Crippen LogP contribution is 2.54. The van der Waals surface area contributed by atoms with Crippen molar-refractivity contribution in [2.75, 3.05) is 9.80 Å². The van der Waals surface area contributed by atoms with Crippen LogP contribution in [-0.2, 0) is 0 Å². The number of fused-ring (bicyclic) bond motifs is 5. The molecule has 5 aromatic carbocycles. The lowest BCUT2D eigenvalue weighted by atomic mass is 10.1. The Morgan fingerprint density at radius 1 is 0.512 bits per heavy atom. The van der Waals surface area contributed by atoms with E-state index in [0.717, 1.165) is 78.0 Å². The van der Waals surface area contributed by atoms with Crippen molar-refractivity contribution in [3.63, 3.8) is 0 Å². The second-order valence-corrected chi connectivity index (χ2v) is 11.4. The van der Waals surface area contributed by atoms with Gasteiger partial charge in [-0.2, -0.15) is 0 Å². The molecule has 0 saturated heterocycles. The number of thiazole rings is 1. The van der Waals surface area contributed by atoms with Crippen molar-refractivity contribution in [3.8, 4) is 33.6 Å². The highest BCUT2D eigenvalue weighted by molar-refractivity contribution is 7.21. The third-order valence-electron chi connectivity index (χ3n) is 7.70. The number of para-hydroxylation sites is 8. The number of hydrogen-bond acceptors (Lipinski definition) is 7. The van der Waals surface area contributed by atoms with Gasteiger partial charge in [0, 0.05) is 23.1 Å². The predicted molar refractivity (Wildman–Crippen MR) is 172 cm³/mol. The minimum atomic E-state index is 0.749. The number of hydrogen-bond donors (Lipinski definition) is 0. The van der Waals surface area contributed by atoms with Crippen molar-refractivity contribution < 1.29 is 9.47 Å². The summed E-state index contributed by atoms with van der Waals surface area (Å²) >= 11 is 1.64. The average Bonchev–Trinajstić information content (AvgIpc) is 3.50. The largest absolute Gasteiger partial charge is 0.453 e. The molecule has 7 heteroatoms.